The Kier molecular flexibility index (Phi) is 8.03. The van der Waals surface area contributed by atoms with E-state index in [9.17, 15) is 0 Å². The number of nitrogens with zero attached hydrogens (tertiary/aromatic N) is 8. The number of benzene rings is 1. The summed E-state index contributed by atoms with van der Waals surface area (Å²) in [5, 5.41) is 9.32. The van der Waals surface area contributed by atoms with Gasteiger partial charge in [0, 0.05) is 64.0 Å². The monoisotopic (exact) mass is 544 g/mol. The molecule has 11 heteroatoms. The molecule has 2 fully saturated rings. The van der Waals surface area contributed by atoms with Gasteiger partial charge in [0.1, 0.15) is 5.82 Å². The zero-order chi connectivity index (χ0) is 27.3. The quantitative estimate of drug-likeness (QED) is 0.315. The number of hydrogen-bond donors (Lipinski definition) is 0. The molecule has 3 aromatic heterocycles. The molecule has 0 atom stereocenters. The van der Waals surface area contributed by atoms with Crippen LogP contribution in [0.5, 0.6) is 6.01 Å². The first-order chi connectivity index (χ1) is 19.6. The summed E-state index contributed by atoms with van der Waals surface area (Å²) in [6.07, 6.45) is 4.57. The van der Waals surface area contributed by atoms with Gasteiger partial charge >= 0.3 is 6.01 Å². The van der Waals surface area contributed by atoms with E-state index in [0.717, 1.165) is 80.7 Å². The second-order valence-electron chi connectivity index (χ2n) is 10.3. The topological polar surface area (TPSA) is 95.6 Å². The summed E-state index contributed by atoms with van der Waals surface area (Å²) in [5.41, 5.74) is 5.36. The Morgan fingerprint density at radius 3 is 2.45 bits per heavy atom. The van der Waals surface area contributed by atoms with E-state index >= 15 is 0 Å². The van der Waals surface area contributed by atoms with Crippen molar-refractivity contribution in [2.45, 2.75) is 19.9 Å². The van der Waals surface area contributed by atoms with Crippen LogP contribution in [0.1, 0.15) is 16.8 Å². The third-order valence-corrected chi connectivity index (χ3v) is 7.20. The first kappa shape index (κ1) is 26.4. The lowest BCUT2D eigenvalue weighted by Gasteiger charge is -2.28. The normalized spacial score (nSPS) is 16.4. The van der Waals surface area contributed by atoms with Crippen LogP contribution in [-0.2, 0) is 29.5 Å². The van der Waals surface area contributed by atoms with E-state index in [2.05, 4.69) is 52.2 Å². The minimum Gasteiger partial charge on any atom is -0.463 e. The highest BCUT2D eigenvalue weighted by atomic mass is 16.5. The number of morpholine rings is 2. The second kappa shape index (κ2) is 12.2. The van der Waals surface area contributed by atoms with Crippen molar-refractivity contribution < 1.29 is 14.2 Å². The highest BCUT2D eigenvalue weighted by Gasteiger charge is 2.21. The largest absolute Gasteiger partial charge is 0.463 e. The summed E-state index contributed by atoms with van der Waals surface area (Å²) >= 11 is 0. The molecule has 0 bridgehead atoms. The smallest absolute Gasteiger partial charge is 0.320 e. The number of aryl methyl sites for hydroxylation is 2. The van der Waals surface area contributed by atoms with Gasteiger partial charge in [-0.05, 0) is 24.6 Å². The van der Waals surface area contributed by atoms with Crippen molar-refractivity contribution in [3.63, 3.8) is 0 Å². The van der Waals surface area contributed by atoms with Crippen molar-refractivity contribution in [2.24, 2.45) is 7.05 Å². The van der Waals surface area contributed by atoms with Gasteiger partial charge in [0.2, 0.25) is 0 Å². The molecule has 2 aliphatic heterocycles. The van der Waals surface area contributed by atoms with Gasteiger partial charge in [-0.1, -0.05) is 23.8 Å². The Bertz CT molecular complexity index is 1420. The number of aromatic nitrogens is 6. The molecule has 2 saturated heterocycles. The molecule has 2 aliphatic rings. The first-order valence-electron chi connectivity index (χ1n) is 13.9. The standard InChI is InChI=1S/C29H36N8O3/c1-22-4-3-5-24(16-22)26-17-25(21-35-7-12-38-13-8-35)37(33-26)28-18-27(36-9-14-39-15-10-36)31-29(32-28)40-11-6-23-19-30-34(2)20-23/h3-5,16-20H,6-15,21H2,1-2H3. The van der Waals surface area contributed by atoms with Gasteiger partial charge in [0.05, 0.1) is 50.6 Å². The van der Waals surface area contributed by atoms with E-state index in [1.54, 1.807) is 4.68 Å². The summed E-state index contributed by atoms with van der Waals surface area (Å²) in [5.74, 6) is 1.50. The van der Waals surface area contributed by atoms with Crippen LogP contribution in [0.4, 0.5) is 5.82 Å². The Labute approximate surface area is 234 Å². The lowest BCUT2D eigenvalue weighted by molar-refractivity contribution is 0.0333. The summed E-state index contributed by atoms with van der Waals surface area (Å²) in [6.45, 7) is 9.40. The van der Waals surface area contributed by atoms with Crippen molar-refractivity contribution in [1.82, 2.24) is 34.4 Å². The molecule has 0 amide bonds. The number of anilines is 1. The average Bonchev–Trinajstić information content (AvgIpc) is 3.60. The number of rotatable bonds is 9. The van der Waals surface area contributed by atoms with Crippen LogP contribution in [0.2, 0.25) is 0 Å². The van der Waals surface area contributed by atoms with E-state index < -0.39 is 0 Å². The lowest BCUT2D eigenvalue weighted by atomic mass is 10.1. The fourth-order valence-electron chi connectivity index (χ4n) is 5.05. The van der Waals surface area contributed by atoms with E-state index in [0.29, 0.717) is 31.6 Å². The molecule has 0 radical (unpaired) electrons. The highest BCUT2D eigenvalue weighted by Crippen LogP contribution is 2.26. The molecule has 1 aromatic carbocycles. The molecule has 210 valence electrons. The third kappa shape index (κ3) is 6.33. The molecule has 0 saturated carbocycles. The van der Waals surface area contributed by atoms with Gasteiger partial charge in [0.15, 0.2) is 5.82 Å². The Morgan fingerprint density at radius 1 is 0.925 bits per heavy atom. The Morgan fingerprint density at radius 2 is 1.70 bits per heavy atom. The number of hydrogen-bond acceptors (Lipinski definition) is 9. The SMILES string of the molecule is Cc1cccc(-c2cc(CN3CCOCC3)n(-c3cc(N4CCOCC4)nc(OCCc4cnn(C)c4)n3)n2)c1. The Hall–Kier alpha value is -3.80. The molecule has 11 nitrogen and oxygen atoms in total. The van der Waals surface area contributed by atoms with Gasteiger partial charge in [-0.3, -0.25) is 9.58 Å². The molecule has 0 N–H and O–H groups in total. The lowest BCUT2D eigenvalue weighted by Crippen LogP contribution is -2.37. The van der Waals surface area contributed by atoms with Gasteiger partial charge in [-0.2, -0.15) is 20.2 Å². The molecule has 4 aromatic rings. The van der Waals surface area contributed by atoms with Crippen LogP contribution in [0.3, 0.4) is 0 Å². The van der Waals surface area contributed by atoms with Crippen LogP contribution in [0.15, 0.2) is 48.8 Å². The maximum absolute atomic E-state index is 6.12. The molecule has 40 heavy (non-hydrogen) atoms. The second-order valence-corrected chi connectivity index (χ2v) is 10.3. The molecule has 0 unspecified atom stereocenters. The predicted octanol–water partition coefficient (Wildman–Crippen LogP) is 2.66. The summed E-state index contributed by atoms with van der Waals surface area (Å²) in [7, 11) is 1.91. The van der Waals surface area contributed by atoms with Crippen LogP contribution >= 0.6 is 0 Å². The maximum Gasteiger partial charge on any atom is 0.320 e. The predicted molar refractivity (Wildman–Crippen MR) is 151 cm³/mol. The maximum atomic E-state index is 6.12. The molecule has 5 heterocycles. The first-order valence-corrected chi connectivity index (χ1v) is 13.9. The summed E-state index contributed by atoms with van der Waals surface area (Å²) < 4.78 is 21.0. The van der Waals surface area contributed by atoms with E-state index in [-0.39, 0.29) is 0 Å². The fraction of sp³-hybridized carbons (Fsp3) is 0.448. The van der Waals surface area contributed by atoms with Crippen molar-refractivity contribution in [3.05, 3.63) is 65.6 Å². The minimum absolute atomic E-state index is 0.341. The molecule has 6 rings (SSSR count). The molecular weight excluding hydrogens is 508 g/mol. The van der Waals surface area contributed by atoms with Gasteiger partial charge in [0.25, 0.3) is 0 Å². The zero-order valence-corrected chi connectivity index (χ0v) is 23.2. The fourth-order valence-corrected chi connectivity index (χ4v) is 5.05. The summed E-state index contributed by atoms with van der Waals surface area (Å²) in [4.78, 5) is 14.3. The third-order valence-electron chi connectivity index (χ3n) is 7.20. The van der Waals surface area contributed by atoms with Gasteiger partial charge in [-0.15, -0.1) is 0 Å². The van der Waals surface area contributed by atoms with E-state index in [1.807, 2.05) is 30.2 Å². The minimum atomic E-state index is 0.341. The van der Waals surface area contributed by atoms with Crippen molar-refractivity contribution in [2.75, 3.05) is 64.1 Å². The van der Waals surface area contributed by atoms with Crippen molar-refractivity contribution in [3.8, 4) is 23.1 Å². The Balaban J connectivity index is 1.35. The number of ether oxygens (including phenoxy) is 3. The van der Waals surface area contributed by atoms with Crippen LogP contribution in [0.25, 0.3) is 17.1 Å². The summed E-state index contributed by atoms with van der Waals surface area (Å²) in [6, 6.07) is 13.0. The van der Waals surface area contributed by atoms with Crippen LogP contribution in [-0.4, -0.2) is 93.6 Å². The van der Waals surface area contributed by atoms with Crippen molar-refractivity contribution >= 4 is 5.82 Å². The van der Waals surface area contributed by atoms with E-state index in [1.165, 1.54) is 5.56 Å². The highest BCUT2D eigenvalue weighted by molar-refractivity contribution is 5.61. The molecular formula is C29H36N8O3. The van der Waals surface area contributed by atoms with Crippen molar-refractivity contribution in [1.29, 1.82) is 0 Å². The zero-order valence-electron chi connectivity index (χ0n) is 23.2. The van der Waals surface area contributed by atoms with Gasteiger partial charge in [-0.25, -0.2) is 4.68 Å². The van der Waals surface area contributed by atoms with Crippen LogP contribution in [0, 0.1) is 6.92 Å². The van der Waals surface area contributed by atoms with E-state index in [4.69, 9.17) is 29.3 Å². The van der Waals surface area contributed by atoms with Crippen LogP contribution < -0.4 is 9.64 Å². The molecule has 0 spiro atoms. The van der Waals surface area contributed by atoms with Gasteiger partial charge < -0.3 is 19.1 Å². The molecule has 0 aliphatic carbocycles. The average molecular weight is 545 g/mol.